The number of fused-ring (bicyclic) bond motifs is 1. The van der Waals surface area contributed by atoms with Gasteiger partial charge in [-0.3, -0.25) is 5.43 Å². The van der Waals surface area contributed by atoms with E-state index in [1.165, 1.54) is 6.21 Å². The highest BCUT2D eigenvalue weighted by Gasteiger charge is 2.07. The lowest BCUT2D eigenvalue weighted by Gasteiger charge is -2.09. The van der Waals surface area contributed by atoms with E-state index in [1.54, 1.807) is 18.2 Å². The Morgan fingerprint density at radius 2 is 1.79 bits per heavy atom. The Hall–Kier alpha value is -3.01. The number of nitrogens with one attached hydrogen (secondary N) is 1. The molecule has 1 aliphatic rings. The van der Waals surface area contributed by atoms with E-state index < -0.39 is 0 Å². The van der Waals surface area contributed by atoms with E-state index in [0.29, 0.717) is 16.8 Å². The minimum Gasteiger partial charge on any atom is -0.507 e. The third kappa shape index (κ3) is 3.33. The van der Waals surface area contributed by atoms with Crippen molar-refractivity contribution in [1.82, 2.24) is 5.43 Å². The van der Waals surface area contributed by atoms with Gasteiger partial charge < -0.3 is 10.2 Å². The van der Waals surface area contributed by atoms with Crippen LogP contribution in [-0.4, -0.2) is 16.4 Å². The van der Waals surface area contributed by atoms with Gasteiger partial charge in [0, 0.05) is 11.1 Å². The largest absolute Gasteiger partial charge is 0.507 e. The third-order valence-corrected chi connectivity index (χ3v) is 4.01. The molecule has 0 bridgehead atoms. The van der Waals surface area contributed by atoms with Crippen LogP contribution in [0.25, 0.3) is 17.8 Å². The molecule has 0 aromatic heterocycles. The first-order chi connectivity index (χ1) is 11.5. The smallest absolute Gasteiger partial charge is 0.125 e. The maximum Gasteiger partial charge on any atom is 0.125 e. The van der Waals surface area contributed by atoms with Gasteiger partial charge in [0.25, 0.3) is 0 Å². The van der Waals surface area contributed by atoms with Gasteiger partial charge in [0.15, 0.2) is 0 Å². The van der Waals surface area contributed by atoms with E-state index in [0.717, 1.165) is 28.8 Å². The van der Waals surface area contributed by atoms with Crippen LogP contribution >= 0.6 is 0 Å². The van der Waals surface area contributed by atoms with Crippen LogP contribution < -0.4 is 15.9 Å². The second-order valence-electron chi connectivity index (χ2n) is 5.89. The second-order valence-corrected chi connectivity index (χ2v) is 5.89. The lowest BCUT2D eigenvalue weighted by molar-refractivity contribution is 0.472. The summed E-state index contributed by atoms with van der Waals surface area (Å²) in [6.07, 6.45) is 7.79. The number of aromatic hydroxyl groups is 2. The standard InChI is InChI=1S/C20H20N2O2/c1-13-7-8-17(19(23)9-13)12-21-22-14(2)18-10-15-5-3-4-6-16(15)11-20(18)24/h5-12,22-24H,2-4H2,1H3/b21-12+. The highest BCUT2D eigenvalue weighted by atomic mass is 16.3. The number of hydrogen-bond acceptors (Lipinski definition) is 4. The monoisotopic (exact) mass is 320 g/mol. The minimum atomic E-state index is 0.172. The number of phenols is 2. The summed E-state index contributed by atoms with van der Waals surface area (Å²) in [7, 11) is 0. The zero-order chi connectivity index (χ0) is 17.1. The molecule has 122 valence electrons. The molecular formula is C20H20N2O2. The summed E-state index contributed by atoms with van der Waals surface area (Å²) in [6, 6.07) is 9.03. The first kappa shape index (κ1) is 15.9. The van der Waals surface area contributed by atoms with Crippen LogP contribution in [-0.2, 0) is 0 Å². The van der Waals surface area contributed by atoms with Crippen LogP contribution in [0.15, 0.2) is 42.0 Å². The van der Waals surface area contributed by atoms with Gasteiger partial charge in [-0.25, -0.2) is 0 Å². The molecular weight excluding hydrogens is 300 g/mol. The highest BCUT2D eigenvalue weighted by molar-refractivity contribution is 5.83. The molecule has 0 amide bonds. The molecule has 0 radical (unpaired) electrons. The summed E-state index contributed by atoms with van der Waals surface area (Å²) in [5.41, 5.74) is 5.52. The van der Waals surface area contributed by atoms with Crippen molar-refractivity contribution in [2.75, 3.05) is 0 Å². The second kappa shape index (κ2) is 6.62. The Morgan fingerprint density at radius 3 is 2.50 bits per heavy atom. The molecule has 0 fully saturated rings. The Labute approximate surface area is 140 Å². The number of hydrogen-bond donors (Lipinski definition) is 3. The maximum absolute atomic E-state index is 10.2. The van der Waals surface area contributed by atoms with Gasteiger partial charge in [-0.15, -0.1) is 0 Å². The Bertz CT molecular complexity index is 943. The number of hydrazone groups is 1. The van der Waals surface area contributed by atoms with Gasteiger partial charge in [0.1, 0.15) is 11.5 Å². The number of benzene rings is 2. The first-order valence-corrected chi connectivity index (χ1v) is 7.86. The molecule has 0 saturated carbocycles. The number of aryl methyl sites for hydroxylation is 1. The SMILES string of the molecule is C=C(N/N=C/c1ccc(C)cc1O)c1cc2c(cc1O)=CCCC=2. The van der Waals surface area contributed by atoms with Crippen molar-refractivity contribution >= 4 is 24.1 Å². The maximum atomic E-state index is 10.2. The molecule has 0 saturated heterocycles. The average molecular weight is 320 g/mol. The van der Waals surface area contributed by atoms with E-state index in [-0.39, 0.29) is 11.5 Å². The van der Waals surface area contributed by atoms with Crippen molar-refractivity contribution < 1.29 is 10.2 Å². The first-order valence-electron chi connectivity index (χ1n) is 7.86. The predicted octanol–water partition coefficient (Wildman–Crippen LogP) is 2.36. The quantitative estimate of drug-likeness (QED) is 0.598. The van der Waals surface area contributed by atoms with E-state index in [4.69, 9.17) is 0 Å². The van der Waals surface area contributed by atoms with E-state index in [2.05, 4.69) is 29.3 Å². The Kier molecular flexibility index (Phi) is 4.38. The van der Waals surface area contributed by atoms with Gasteiger partial charge in [0.2, 0.25) is 0 Å². The molecule has 0 spiro atoms. The summed E-state index contributed by atoms with van der Waals surface area (Å²) in [5.74, 6) is 0.346. The van der Waals surface area contributed by atoms with E-state index in [9.17, 15) is 10.2 Å². The minimum absolute atomic E-state index is 0.172. The number of nitrogens with zero attached hydrogens (tertiary/aromatic N) is 1. The topological polar surface area (TPSA) is 64.9 Å². The fraction of sp³-hybridized carbons (Fsp3) is 0.150. The summed E-state index contributed by atoms with van der Waals surface area (Å²) >= 11 is 0. The molecule has 0 aliphatic heterocycles. The third-order valence-electron chi connectivity index (χ3n) is 4.01. The Balaban J connectivity index is 1.79. The number of rotatable bonds is 4. The molecule has 0 unspecified atom stereocenters. The normalized spacial score (nSPS) is 13.0. The molecule has 1 aliphatic carbocycles. The molecule has 0 atom stereocenters. The molecule has 2 aromatic carbocycles. The van der Waals surface area contributed by atoms with Crippen LogP contribution in [0, 0.1) is 6.92 Å². The molecule has 2 aromatic rings. The van der Waals surface area contributed by atoms with Gasteiger partial charge >= 0.3 is 0 Å². The average Bonchev–Trinajstić information content (AvgIpc) is 2.56. The van der Waals surface area contributed by atoms with Crippen LogP contribution in [0.4, 0.5) is 0 Å². The van der Waals surface area contributed by atoms with Crippen LogP contribution in [0.5, 0.6) is 11.5 Å². The van der Waals surface area contributed by atoms with Crippen molar-refractivity contribution in [2.45, 2.75) is 19.8 Å². The van der Waals surface area contributed by atoms with Gasteiger partial charge in [0.05, 0.1) is 11.9 Å². The molecule has 4 heteroatoms. The zero-order valence-corrected chi connectivity index (χ0v) is 13.6. The van der Waals surface area contributed by atoms with Crippen LogP contribution in [0.3, 0.4) is 0 Å². The fourth-order valence-electron chi connectivity index (χ4n) is 2.70. The molecule has 24 heavy (non-hydrogen) atoms. The summed E-state index contributed by atoms with van der Waals surface area (Å²) in [5, 5.41) is 26.3. The Morgan fingerprint density at radius 1 is 1.08 bits per heavy atom. The van der Waals surface area contributed by atoms with Crippen molar-refractivity contribution in [2.24, 2.45) is 5.10 Å². The molecule has 3 rings (SSSR count). The van der Waals surface area contributed by atoms with Gasteiger partial charge in [-0.05, 0) is 60.0 Å². The van der Waals surface area contributed by atoms with Gasteiger partial charge in [-0.1, -0.05) is 24.8 Å². The number of phenolic OH excluding ortho intramolecular Hbond substituents is 2. The van der Waals surface area contributed by atoms with Gasteiger partial charge in [-0.2, -0.15) is 5.10 Å². The molecule has 4 nitrogen and oxygen atoms in total. The van der Waals surface area contributed by atoms with E-state index >= 15 is 0 Å². The summed E-state index contributed by atoms with van der Waals surface area (Å²) in [4.78, 5) is 0. The zero-order valence-electron chi connectivity index (χ0n) is 13.6. The van der Waals surface area contributed by atoms with Crippen LogP contribution in [0.1, 0.15) is 29.5 Å². The molecule has 3 N–H and O–H groups in total. The van der Waals surface area contributed by atoms with Crippen molar-refractivity contribution in [1.29, 1.82) is 0 Å². The predicted molar refractivity (Wildman–Crippen MR) is 98.1 cm³/mol. The summed E-state index contributed by atoms with van der Waals surface area (Å²) in [6.45, 7) is 5.84. The lowest BCUT2D eigenvalue weighted by Crippen LogP contribution is -2.27. The van der Waals surface area contributed by atoms with Crippen molar-refractivity contribution in [3.8, 4) is 11.5 Å². The molecule has 0 heterocycles. The summed E-state index contributed by atoms with van der Waals surface area (Å²) < 4.78 is 0. The lowest BCUT2D eigenvalue weighted by atomic mass is 10.0. The van der Waals surface area contributed by atoms with Crippen molar-refractivity contribution in [3.05, 3.63) is 64.0 Å². The van der Waals surface area contributed by atoms with E-state index in [1.807, 2.05) is 19.1 Å². The van der Waals surface area contributed by atoms with Crippen LogP contribution in [0.2, 0.25) is 0 Å². The van der Waals surface area contributed by atoms with Crippen molar-refractivity contribution in [3.63, 3.8) is 0 Å². The fourth-order valence-corrected chi connectivity index (χ4v) is 2.70. The highest BCUT2D eigenvalue weighted by Crippen LogP contribution is 2.20.